The van der Waals surface area contributed by atoms with Crippen molar-refractivity contribution in [3.05, 3.63) is 53.4 Å². The van der Waals surface area contributed by atoms with Crippen molar-refractivity contribution in [2.45, 2.75) is 32.7 Å². The zero-order valence-corrected chi connectivity index (χ0v) is 20.7. The van der Waals surface area contributed by atoms with Gasteiger partial charge in [-0.05, 0) is 73.9 Å². The van der Waals surface area contributed by atoms with Gasteiger partial charge in [0, 0.05) is 25.0 Å². The van der Waals surface area contributed by atoms with E-state index in [1.165, 1.54) is 23.2 Å². The molecule has 1 N–H and O–H groups in total. The summed E-state index contributed by atoms with van der Waals surface area (Å²) < 4.78 is 13.3. The number of rotatable bonds is 6. The lowest BCUT2D eigenvalue weighted by Crippen LogP contribution is -2.35. The summed E-state index contributed by atoms with van der Waals surface area (Å²) in [6, 6.07) is 9.63. The van der Waals surface area contributed by atoms with Gasteiger partial charge in [-0.15, -0.1) is 5.10 Å². The molecule has 0 atom stereocenters. The number of benzene rings is 1. The first kappa shape index (κ1) is 23.2. The van der Waals surface area contributed by atoms with Gasteiger partial charge in [0.1, 0.15) is 6.61 Å². The average Bonchev–Trinajstić information content (AvgIpc) is 3.50. The van der Waals surface area contributed by atoms with E-state index < -0.39 is 5.91 Å². The van der Waals surface area contributed by atoms with Crippen LogP contribution in [0.4, 0.5) is 0 Å². The van der Waals surface area contributed by atoms with Crippen molar-refractivity contribution >= 4 is 39.9 Å². The Morgan fingerprint density at radius 1 is 1.14 bits per heavy atom. The zero-order valence-electron chi connectivity index (χ0n) is 19.9. The van der Waals surface area contributed by atoms with Crippen molar-refractivity contribution in [2.75, 3.05) is 26.8 Å². The number of amidine groups is 3. The van der Waals surface area contributed by atoms with E-state index in [4.69, 9.17) is 14.9 Å². The molecule has 0 unspecified atom stereocenters. The van der Waals surface area contributed by atoms with Gasteiger partial charge < -0.3 is 18.9 Å². The van der Waals surface area contributed by atoms with Gasteiger partial charge in [0.15, 0.2) is 22.5 Å². The number of piperidine rings is 1. The normalized spacial score (nSPS) is 19.1. The number of hydrogen-bond acceptors (Lipinski definition) is 7. The van der Waals surface area contributed by atoms with E-state index in [0.29, 0.717) is 29.8 Å². The van der Waals surface area contributed by atoms with Crippen molar-refractivity contribution < 1.29 is 14.3 Å². The number of nitrogens with one attached hydrogen (secondary N) is 1. The fourth-order valence-electron chi connectivity index (χ4n) is 4.25. The number of likely N-dealkylation sites (tertiary alicyclic amines) is 1. The third kappa shape index (κ3) is 4.84. The maximum atomic E-state index is 12.8. The molecule has 5 rings (SSSR count). The molecule has 0 aliphatic carbocycles. The van der Waals surface area contributed by atoms with Gasteiger partial charge in [-0.25, -0.2) is 0 Å². The number of aliphatic imine (C=N–C) groups is 1. The minimum atomic E-state index is -0.419. The molecule has 0 radical (unpaired) electrons. The van der Waals surface area contributed by atoms with Crippen LogP contribution < -0.4 is 9.47 Å². The van der Waals surface area contributed by atoms with E-state index in [9.17, 15) is 4.79 Å². The van der Waals surface area contributed by atoms with E-state index in [-0.39, 0.29) is 11.4 Å². The van der Waals surface area contributed by atoms with Crippen LogP contribution in [0.15, 0.2) is 52.2 Å². The number of methoxy groups -OCH3 is 1. The van der Waals surface area contributed by atoms with Crippen molar-refractivity contribution in [2.24, 2.45) is 10.1 Å². The van der Waals surface area contributed by atoms with Crippen LogP contribution in [0, 0.1) is 12.3 Å². The van der Waals surface area contributed by atoms with Gasteiger partial charge in [-0.3, -0.25) is 10.2 Å². The van der Waals surface area contributed by atoms with Crippen LogP contribution in [0.25, 0.3) is 6.08 Å². The molecule has 3 aliphatic rings. The number of nitrogens with zero attached hydrogens (tertiary/aromatic N) is 5. The van der Waals surface area contributed by atoms with Crippen LogP contribution in [-0.4, -0.2) is 63.4 Å². The van der Waals surface area contributed by atoms with Gasteiger partial charge in [-0.1, -0.05) is 6.07 Å². The van der Waals surface area contributed by atoms with Gasteiger partial charge in [-0.2, -0.15) is 10.0 Å². The number of hydrogen-bond donors (Lipinski definition) is 1. The van der Waals surface area contributed by atoms with Crippen LogP contribution in [0.5, 0.6) is 11.5 Å². The van der Waals surface area contributed by atoms with E-state index in [0.717, 1.165) is 42.4 Å². The third-order valence-corrected chi connectivity index (χ3v) is 7.11. The van der Waals surface area contributed by atoms with Crippen LogP contribution >= 0.6 is 11.8 Å². The second kappa shape index (κ2) is 9.99. The number of ether oxygens (including phenoxy) is 2. The number of aromatic nitrogens is 1. The lowest BCUT2D eigenvalue weighted by molar-refractivity contribution is -0.114. The van der Waals surface area contributed by atoms with E-state index >= 15 is 0 Å². The summed E-state index contributed by atoms with van der Waals surface area (Å²) in [6.45, 7) is 4.88. The molecule has 0 spiro atoms. The van der Waals surface area contributed by atoms with Crippen molar-refractivity contribution in [3.63, 3.8) is 0 Å². The fourth-order valence-corrected chi connectivity index (χ4v) is 5.20. The maximum Gasteiger partial charge on any atom is 0.283 e. The average molecular weight is 493 g/mol. The summed E-state index contributed by atoms with van der Waals surface area (Å²) in [6.07, 6.45) is 7.11. The molecule has 10 heteroatoms. The minimum absolute atomic E-state index is 0.0490. The molecule has 1 aromatic heterocycles. The highest BCUT2D eigenvalue weighted by Gasteiger charge is 2.37. The fraction of sp³-hybridized carbons (Fsp3) is 0.360. The highest BCUT2D eigenvalue weighted by molar-refractivity contribution is 8.26. The van der Waals surface area contributed by atoms with Crippen molar-refractivity contribution in [1.82, 2.24) is 14.5 Å². The van der Waals surface area contributed by atoms with Crippen LogP contribution in [0.3, 0.4) is 0 Å². The molecule has 1 amide bonds. The first-order valence-electron chi connectivity index (χ1n) is 11.7. The predicted octanol–water partition coefficient (Wildman–Crippen LogP) is 3.95. The van der Waals surface area contributed by atoms with Crippen LogP contribution in [0.2, 0.25) is 0 Å². The third-order valence-electron chi connectivity index (χ3n) is 6.14. The SMILES string of the molecule is COc1cc(C)ccc1OCCn1cccc1/C=C1\C(=N)N2N=C(N3CCCCC3)SC2=NC1=O. The highest BCUT2D eigenvalue weighted by atomic mass is 32.2. The molecule has 182 valence electrons. The number of thioether (sulfide) groups is 1. The Bertz CT molecular complexity index is 1240. The molecule has 2 aromatic rings. The number of aryl methyl sites for hydroxylation is 1. The van der Waals surface area contributed by atoms with Gasteiger partial charge in [0.2, 0.25) is 5.17 Å². The lowest BCUT2D eigenvalue weighted by Gasteiger charge is -2.26. The van der Waals surface area contributed by atoms with E-state index in [2.05, 4.69) is 15.0 Å². The topological polar surface area (TPSA) is 95.5 Å². The summed E-state index contributed by atoms with van der Waals surface area (Å²) in [5, 5.41) is 16.0. The van der Waals surface area contributed by atoms with E-state index in [1.54, 1.807) is 13.2 Å². The Balaban J connectivity index is 1.29. The maximum absolute atomic E-state index is 12.8. The largest absolute Gasteiger partial charge is 0.493 e. The Kier molecular flexibility index (Phi) is 6.63. The number of carbonyl (C=O) groups is 1. The first-order valence-corrected chi connectivity index (χ1v) is 12.5. The van der Waals surface area contributed by atoms with E-state index in [1.807, 2.05) is 48.0 Å². The van der Waals surface area contributed by atoms with Crippen molar-refractivity contribution in [3.8, 4) is 11.5 Å². The van der Waals surface area contributed by atoms with Gasteiger partial charge >= 0.3 is 0 Å². The Morgan fingerprint density at radius 3 is 2.77 bits per heavy atom. The first-order chi connectivity index (χ1) is 17.0. The zero-order chi connectivity index (χ0) is 24.4. The van der Waals surface area contributed by atoms with Crippen molar-refractivity contribution in [1.29, 1.82) is 5.41 Å². The molecule has 4 heterocycles. The second-order valence-electron chi connectivity index (χ2n) is 8.58. The number of hydrazone groups is 1. The van der Waals surface area contributed by atoms with Gasteiger partial charge in [0.05, 0.1) is 19.2 Å². The monoisotopic (exact) mass is 492 g/mol. The molecular formula is C25H28N6O3S. The molecule has 1 aromatic carbocycles. The summed E-state index contributed by atoms with van der Waals surface area (Å²) in [5.41, 5.74) is 2.12. The molecule has 1 fully saturated rings. The summed E-state index contributed by atoms with van der Waals surface area (Å²) >= 11 is 1.37. The highest BCUT2D eigenvalue weighted by Crippen LogP contribution is 2.31. The predicted molar refractivity (Wildman–Crippen MR) is 138 cm³/mol. The molecule has 1 saturated heterocycles. The van der Waals surface area contributed by atoms with Crippen LogP contribution in [-0.2, 0) is 11.3 Å². The minimum Gasteiger partial charge on any atom is -0.493 e. The standard InChI is InChI=1S/C25H28N6O3S/c1-17-8-9-20(21(15-17)33-2)34-14-13-29-12-6-7-18(29)16-19-22(26)31-24(27-23(19)32)35-25(28-31)30-10-4-3-5-11-30/h6-9,12,15-16,26H,3-5,10-11,13-14H2,1-2H3/b19-16+,26-22?. The Morgan fingerprint density at radius 2 is 1.97 bits per heavy atom. The van der Waals surface area contributed by atoms with Gasteiger partial charge in [0.25, 0.3) is 5.91 Å². The van der Waals surface area contributed by atoms with Crippen LogP contribution in [0.1, 0.15) is 30.5 Å². The molecule has 9 nitrogen and oxygen atoms in total. The molecule has 35 heavy (non-hydrogen) atoms. The summed E-state index contributed by atoms with van der Waals surface area (Å²) in [4.78, 5) is 19.3. The summed E-state index contributed by atoms with van der Waals surface area (Å²) in [5.74, 6) is 1.01. The number of fused-ring (bicyclic) bond motifs is 1. The quantitative estimate of drug-likeness (QED) is 0.614. The second-order valence-corrected chi connectivity index (χ2v) is 9.51. The summed E-state index contributed by atoms with van der Waals surface area (Å²) in [7, 11) is 1.63. The molecule has 0 bridgehead atoms. The Labute approximate surface area is 208 Å². The molecule has 0 saturated carbocycles. The molecular weight excluding hydrogens is 464 g/mol. The lowest BCUT2D eigenvalue weighted by atomic mass is 10.1. The Hall–Kier alpha value is -3.53. The number of amides is 1. The number of carbonyl (C=O) groups excluding carboxylic acids is 1. The smallest absolute Gasteiger partial charge is 0.283 e. The molecule has 3 aliphatic heterocycles.